The number of benzene rings is 1. The van der Waals surface area contributed by atoms with Gasteiger partial charge in [-0.3, -0.25) is 4.79 Å². The molecule has 4 heteroatoms. The van der Waals surface area contributed by atoms with Crippen molar-refractivity contribution in [2.45, 2.75) is 17.1 Å². The Morgan fingerprint density at radius 2 is 2.13 bits per heavy atom. The highest BCUT2D eigenvalue weighted by molar-refractivity contribution is 9.10. The second-order valence-corrected chi connectivity index (χ2v) is 5.12. The largest absolute Gasteiger partial charge is 0.497 e. The van der Waals surface area contributed by atoms with Gasteiger partial charge in [0.05, 0.1) is 11.9 Å². The fourth-order valence-corrected chi connectivity index (χ4v) is 1.82. The summed E-state index contributed by atoms with van der Waals surface area (Å²) in [5.41, 5.74) is 1.71. The summed E-state index contributed by atoms with van der Waals surface area (Å²) in [4.78, 5) is 11.6. The molecule has 0 amide bonds. The molecule has 0 fully saturated rings. The number of carbonyl (C=O) groups is 1. The van der Waals surface area contributed by atoms with Gasteiger partial charge in [-0.1, -0.05) is 31.9 Å². The Morgan fingerprint density at radius 1 is 1.47 bits per heavy atom. The zero-order valence-corrected chi connectivity index (χ0v) is 11.8. The molecule has 0 aliphatic carbocycles. The van der Waals surface area contributed by atoms with Crippen LogP contribution in [0.2, 0.25) is 0 Å². The van der Waals surface area contributed by atoms with Crippen LogP contribution >= 0.6 is 31.9 Å². The number of carbonyl (C=O) groups excluding carboxylic acids is 1. The van der Waals surface area contributed by atoms with Gasteiger partial charge in [-0.2, -0.15) is 0 Å². The van der Waals surface area contributed by atoms with Crippen molar-refractivity contribution in [3.63, 3.8) is 0 Å². The second kappa shape index (κ2) is 5.66. The number of rotatable bonds is 4. The van der Waals surface area contributed by atoms with E-state index in [1.54, 1.807) is 13.2 Å². The van der Waals surface area contributed by atoms with E-state index in [-0.39, 0.29) is 10.6 Å². The van der Waals surface area contributed by atoms with Crippen molar-refractivity contribution in [3.8, 4) is 5.75 Å². The van der Waals surface area contributed by atoms with Gasteiger partial charge in [0.2, 0.25) is 0 Å². The van der Waals surface area contributed by atoms with Crippen molar-refractivity contribution in [1.82, 2.24) is 0 Å². The van der Waals surface area contributed by atoms with Crippen LogP contribution in [0.1, 0.15) is 22.8 Å². The van der Waals surface area contributed by atoms with Gasteiger partial charge in [-0.15, -0.1) is 0 Å². The fourth-order valence-electron chi connectivity index (χ4n) is 1.23. The van der Waals surface area contributed by atoms with E-state index in [1.165, 1.54) is 0 Å². The first kappa shape index (κ1) is 12.7. The van der Waals surface area contributed by atoms with Crippen LogP contribution in [0.3, 0.4) is 0 Å². The van der Waals surface area contributed by atoms with Crippen LogP contribution in [0.15, 0.2) is 18.2 Å². The van der Waals surface area contributed by atoms with Crippen LogP contribution < -0.4 is 4.74 Å². The van der Waals surface area contributed by atoms with Crippen molar-refractivity contribution in [1.29, 1.82) is 0 Å². The van der Waals surface area contributed by atoms with Crippen LogP contribution in [0.25, 0.3) is 0 Å². The number of hydrogen-bond acceptors (Lipinski definition) is 2. The Balaban J connectivity index is 3.12. The summed E-state index contributed by atoms with van der Waals surface area (Å²) in [6.45, 7) is 1.82. The molecule has 0 aliphatic heterocycles. The second-order valence-electron chi connectivity index (χ2n) is 3.18. The molecule has 0 aliphatic rings. The van der Waals surface area contributed by atoms with Gasteiger partial charge in [0, 0.05) is 10.9 Å². The van der Waals surface area contributed by atoms with Crippen molar-refractivity contribution < 1.29 is 9.53 Å². The summed E-state index contributed by atoms with van der Waals surface area (Å²) in [5, 5.41) is 0.709. The maximum atomic E-state index is 11.8. The molecule has 0 bridgehead atoms. The number of halogens is 2. The third-order valence-corrected chi connectivity index (χ3v) is 3.07. The summed E-state index contributed by atoms with van der Waals surface area (Å²) < 4.78 is 5.14. The maximum absolute atomic E-state index is 11.8. The van der Waals surface area contributed by atoms with Crippen LogP contribution in [-0.4, -0.2) is 17.7 Å². The molecule has 0 aromatic heterocycles. The Bertz CT molecular complexity index is 339. The number of ketones is 1. The smallest absolute Gasteiger partial charge is 0.176 e. The minimum absolute atomic E-state index is 0.0658. The van der Waals surface area contributed by atoms with Gasteiger partial charge < -0.3 is 4.74 Å². The summed E-state index contributed by atoms with van der Waals surface area (Å²) in [6, 6.07) is 5.54. The minimum Gasteiger partial charge on any atom is -0.497 e. The molecule has 0 N–H and O–H groups in total. The predicted octanol–water partition coefficient (Wildman–Crippen LogP) is 3.56. The minimum atomic E-state index is -0.173. The number of methoxy groups -OCH3 is 1. The third kappa shape index (κ3) is 3.31. The Kier molecular flexibility index (Phi) is 4.80. The molecule has 2 nitrogen and oxygen atoms in total. The molecule has 0 radical (unpaired) electrons. The average Bonchev–Trinajstić information content (AvgIpc) is 2.27. The van der Waals surface area contributed by atoms with Crippen molar-refractivity contribution in [3.05, 3.63) is 29.3 Å². The summed E-state index contributed by atoms with van der Waals surface area (Å²) in [6.07, 6.45) is 0. The molecule has 0 heterocycles. The predicted molar refractivity (Wildman–Crippen MR) is 68.3 cm³/mol. The molecule has 1 atom stereocenters. The molecular formula is C11H12Br2O2. The standard InChI is InChI=1S/C11H12Br2O2/c1-7(13)11(14)9-3-8(6-12)4-10(5-9)15-2/h3-5,7H,6H2,1-2H3. The molecule has 1 rings (SSSR count). The van der Waals surface area contributed by atoms with E-state index in [2.05, 4.69) is 31.9 Å². The molecule has 0 saturated carbocycles. The van der Waals surface area contributed by atoms with Crippen molar-refractivity contribution in [2.75, 3.05) is 7.11 Å². The van der Waals surface area contributed by atoms with Crippen molar-refractivity contribution in [2.24, 2.45) is 0 Å². The van der Waals surface area contributed by atoms with Crippen LogP contribution in [0, 0.1) is 0 Å². The number of ether oxygens (including phenoxy) is 1. The zero-order chi connectivity index (χ0) is 11.4. The lowest BCUT2D eigenvalue weighted by molar-refractivity contribution is 0.0995. The summed E-state index contributed by atoms with van der Waals surface area (Å²) in [7, 11) is 1.60. The zero-order valence-electron chi connectivity index (χ0n) is 8.59. The first-order valence-corrected chi connectivity index (χ1v) is 6.54. The van der Waals surface area contributed by atoms with Crippen LogP contribution in [-0.2, 0) is 5.33 Å². The van der Waals surface area contributed by atoms with Gasteiger partial charge in [0.15, 0.2) is 5.78 Å². The first-order valence-electron chi connectivity index (χ1n) is 4.50. The highest BCUT2D eigenvalue weighted by Gasteiger charge is 2.13. The van der Waals surface area contributed by atoms with E-state index in [1.807, 2.05) is 19.1 Å². The lowest BCUT2D eigenvalue weighted by Crippen LogP contribution is -2.10. The molecule has 1 aromatic carbocycles. The van der Waals surface area contributed by atoms with E-state index in [9.17, 15) is 4.79 Å². The molecular weight excluding hydrogens is 324 g/mol. The van der Waals surface area contributed by atoms with E-state index >= 15 is 0 Å². The fraction of sp³-hybridized carbons (Fsp3) is 0.364. The Labute approximate surface area is 106 Å². The van der Waals surface area contributed by atoms with Gasteiger partial charge in [0.25, 0.3) is 0 Å². The molecule has 1 unspecified atom stereocenters. The average molecular weight is 336 g/mol. The molecule has 1 aromatic rings. The lowest BCUT2D eigenvalue weighted by Gasteiger charge is -2.08. The van der Waals surface area contributed by atoms with Gasteiger partial charge >= 0.3 is 0 Å². The molecule has 82 valence electrons. The van der Waals surface area contributed by atoms with E-state index in [4.69, 9.17) is 4.74 Å². The van der Waals surface area contributed by atoms with Crippen LogP contribution in [0.5, 0.6) is 5.75 Å². The monoisotopic (exact) mass is 334 g/mol. The van der Waals surface area contributed by atoms with Crippen molar-refractivity contribution >= 4 is 37.6 Å². The van der Waals surface area contributed by atoms with E-state index < -0.39 is 0 Å². The summed E-state index contributed by atoms with van der Waals surface area (Å²) in [5.74, 6) is 0.777. The number of Topliss-reactive ketones (excluding diaryl/α,β-unsaturated/α-hetero) is 1. The van der Waals surface area contributed by atoms with Gasteiger partial charge in [0.1, 0.15) is 5.75 Å². The number of alkyl halides is 2. The highest BCUT2D eigenvalue weighted by atomic mass is 79.9. The topological polar surface area (TPSA) is 26.3 Å². The number of hydrogen-bond donors (Lipinski definition) is 0. The molecule has 0 saturated heterocycles. The van der Waals surface area contributed by atoms with Crippen LogP contribution in [0.4, 0.5) is 0 Å². The normalized spacial score (nSPS) is 12.3. The first-order chi connectivity index (χ1) is 7.08. The maximum Gasteiger partial charge on any atom is 0.176 e. The SMILES string of the molecule is COc1cc(CBr)cc(C(=O)C(C)Br)c1. The van der Waals surface area contributed by atoms with E-state index in [0.717, 1.165) is 5.56 Å². The molecule has 0 spiro atoms. The Hall–Kier alpha value is -0.350. The van der Waals surface area contributed by atoms with Gasteiger partial charge in [-0.25, -0.2) is 0 Å². The van der Waals surface area contributed by atoms with Gasteiger partial charge in [-0.05, 0) is 30.7 Å². The molecule has 15 heavy (non-hydrogen) atoms. The van der Waals surface area contributed by atoms with E-state index in [0.29, 0.717) is 16.6 Å². The quantitative estimate of drug-likeness (QED) is 0.621. The third-order valence-electron chi connectivity index (χ3n) is 2.00. The lowest BCUT2D eigenvalue weighted by atomic mass is 10.1. The Morgan fingerprint density at radius 3 is 2.60 bits per heavy atom. The highest BCUT2D eigenvalue weighted by Crippen LogP contribution is 2.21. The summed E-state index contributed by atoms with van der Waals surface area (Å²) >= 11 is 6.63.